The normalized spacial score (nSPS) is 12.4. The van der Waals surface area contributed by atoms with Crippen LogP contribution in [-0.2, 0) is 11.2 Å². The molecule has 1 aromatic heterocycles. The minimum atomic E-state index is -1.06. The maximum absolute atomic E-state index is 10.5. The Balaban J connectivity index is 2.78. The van der Waals surface area contributed by atoms with E-state index in [1.807, 2.05) is 0 Å². The summed E-state index contributed by atoms with van der Waals surface area (Å²) in [5.74, 6) is -0.821. The molecule has 1 aromatic rings. The van der Waals surface area contributed by atoms with E-state index in [4.69, 9.17) is 22.3 Å². The van der Waals surface area contributed by atoms with Crippen molar-refractivity contribution in [3.05, 3.63) is 17.8 Å². The summed E-state index contributed by atoms with van der Waals surface area (Å²) in [4.78, 5) is 14.2. The molecule has 0 bridgehead atoms. The van der Waals surface area contributed by atoms with Crippen LogP contribution in [0.1, 0.15) is 5.56 Å². The van der Waals surface area contributed by atoms with Crippen LogP contribution in [0.25, 0.3) is 0 Å². The van der Waals surface area contributed by atoms with Gasteiger partial charge in [-0.25, -0.2) is 4.98 Å². The predicted molar refractivity (Wildman–Crippen MR) is 52.4 cm³/mol. The zero-order valence-electron chi connectivity index (χ0n) is 7.47. The number of carboxylic acids is 1. The van der Waals surface area contributed by atoms with Crippen molar-refractivity contribution in [2.24, 2.45) is 5.73 Å². The monoisotopic (exact) mass is 196 g/mol. The van der Waals surface area contributed by atoms with Gasteiger partial charge in [0.1, 0.15) is 11.9 Å². The lowest BCUT2D eigenvalue weighted by atomic mass is 10.1. The fraction of sp³-hybridized carbons (Fsp3) is 0.250. The molecule has 1 rings (SSSR count). The second kappa shape index (κ2) is 3.93. The second-order valence-corrected chi connectivity index (χ2v) is 2.97. The van der Waals surface area contributed by atoms with Crippen LogP contribution in [0.2, 0.25) is 0 Å². The van der Waals surface area contributed by atoms with Gasteiger partial charge in [0, 0.05) is 6.20 Å². The molecule has 1 atom stereocenters. The van der Waals surface area contributed by atoms with Crippen molar-refractivity contribution in [1.82, 2.24) is 4.98 Å². The Kier molecular flexibility index (Phi) is 2.88. The van der Waals surface area contributed by atoms with Gasteiger partial charge in [-0.05, 0) is 18.1 Å². The highest BCUT2D eigenvalue weighted by molar-refractivity contribution is 5.73. The average Bonchev–Trinajstić information content (AvgIpc) is 2.11. The van der Waals surface area contributed by atoms with Crippen LogP contribution in [0, 0.1) is 0 Å². The third-order valence-electron chi connectivity index (χ3n) is 1.78. The summed E-state index contributed by atoms with van der Waals surface area (Å²) in [7, 11) is 0. The van der Waals surface area contributed by atoms with E-state index < -0.39 is 12.0 Å². The summed E-state index contributed by atoms with van der Waals surface area (Å²) in [6.07, 6.45) is 1.65. The third kappa shape index (κ3) is 2.33. The number of hydrogen-bond acceptors (Lipinski definition) is 5. The van der Waals surface area contributed by atoms with E-state index in [2.05, 4.69) is 4.98 Å². The Labute approximate surface area is 80.7 Å². The highest BCUT2D eigenvalue weighted by Gasteiger charge is 2.12. The largest absolute Gasteiger partial charge is 0.480 e. The SMILES string of the molecule is Nc1cc(C[C@H](N)C(=O)O)cnc1N. The van der Waals surface area contributed by atoms with Crippen molar-refractivity contribution in [3.8, 4) is 0 Å². The first-order valence-electron chi connectivity index (χ1n) is 3.99. The molecule has 0 aromatic carbocycles. The van der Waals surface area contributed by atoms with Gasteiger partial charge in [0.05, 0.1) is 5.69 Å². The van der Waals surface area contributed by atoms with Crippen LogP contribution < -0.4 is 17.2 Å². The molecule has 0 spiro atoms. The number of aliphatic carboxylic acids is 1. The Morgan fingerprint density at radius 3 is 2.71 bits per heavy atom. The number of carbonyl (C=O) groups is 1. The lowest BCUT2D eigenvalue weighted by Crippen LogP contribution is -2.32. The Hall–Kier alpha value is -1.82. The lowest BCUT2D eigenvalue weighted by molar-refractivity contribution is -0.138. The third-order valence-corrected chi connectivity index (χ3v) is 1.78. The molecule has 6 heteroatoms. The second-order valence-electron chi connectivity index (χ2n) is 2.97. The van der Waals surface area contributed by atoms with E-state index in [-0.39, 0.29) is 12.2 Å². The summed E-state index contributed by atoms with van der Waals surface area (Å²) in [5.41, 5.74) is 17.2. The number of nitrogens with zero attached hydrogens (tertiary/aromatic N) is 1. The number of carboxylic acid groups (broad SMARTS) is 1. The van der Waals surface area contributed by atoms with Gasteiger partial charge in [-0.3, -0.25) is 4.79 Å². The Morgan fingerprint density at radius 2 is 2.21 bits per heavy atom. The van der Waals surface area contributed by atoms with Crippen LogP contribution in [0.3, 0.4) is 0 Å². The number of hydrogen-bond donors (Lipinski definition) is 4. The summed E-state index contributed by atoms with van der Waals surface area (Å²) >= 11 is 0. The van der Waals surface area contributed by atoms with E-state index in [0.717, 1.165) is 0 Å². The number of nitrogens with two attached hydrogens (primary N) is 3. The highest BCUT2D eigenvalue weighted by Crippen LogP contribution is 2.13. The van der Waals surface area contributed by atoms with Crippen LogP contribution in [0.4, 0.5) is 11.5 Å². The average molecular weight is 196 g/mol. The molecule has 0 fully saturated rings. The lowest BCUT2D eigenvalue weighted by Gasteiger charge is -2.07. The van der Waals surface area contributed by atoms with Crippen molar-refractivity contribution in [3.63, 3.8) is 0 Å². The molecule has 0 radical (unpaired) electrons. The zero-order valence-corrected chi connectivity index (χ0v) is 7.47. The molecular formula is C8H12N4O2. The van der Waals surface area contributed by atoms with Gasteiger partial charge in [-0.2, -0.15) is 0 Å². The maximum atomic E-state index is 10.5. The summed E-state index contributed by atoms with van der Waals surface area (Å²) in [6, 6.07) is 0.630. The number of nitrogen functional groups attached to an aromatic ring is 2. The zero-order chi connectivity index (χ0) is 10.7. The Morgan fingerprint density at radius 1 is 1.57 bits per heavy atom. The van der Waals surface area contributed by atoms with E-state index in [1.165, 1.54) is 6.20 Å². The van der Waals surface area contributed by atoms with E-state index in [9.17, 15) is 4.79 Å². The smallest absolute Gasteiger partial charge is 0.320 e. The van der Waals surface area contributed by atoms with Crippen LogP contribution in [0.5, 0.6) is 0 Å². The quantitative estimate of drug-likeness (QED) is 0.501. The van der Waals surface area contributed by atoms with Gasteiger partial charge in [0.2, 0.25) is 0 Å². The molecule has 0 saturated heterocycles. The first-order valence-corrected chi connectivity index (χ1v) is 3.99. The number of rotatable bonds is 3. The predicted octanol–water partition coefficient (Wildman–Crippen LogP) is -0.800. The standard InChI is InChI=1S/C8H12N4O2/c9-5-1-4(3-12-7(5)11)2-6(10)8(13)14/h1,3,6H,2,9-10H2,(H2,11,12)(H,13,14)/t6-/m0/s1. The molecule has 7 N–H and O–H groups in total. The van der Waals surface area contributed by atoms with Crippen molar-refractivity contribution >= 4 is 17.5 Å². The van der Waals surface area contributed by atoms with Crippen LogP contribution in [-0.4, -0.2) is 22.1 Å². The van der Waals surface area contributed by atoms with E-state index >= 15 is 0 Å². The molecule has 0 aliphatic heterocycles. The van der Waals surface area contributed by atoms with Crippen molar-refractivity contribution in [1.29, 1.82) is 0 Å². The van der Waals surface area contributed by atoms with Crippen molar-refractivity contribution in [2.45, 2.75) is 12.5 Å². The van der Waals surface area contributed by atoms with Gasteiger partial charge in [-0.15, -0.1) is 0 Å². The minimum absolute atomic E-state index is 0.187. The molecule has 76 valence electrons. The van der Waals surface area contributed by atoms with Crippen molar-refractivity contribution in [2.75, 3.05) is 11.5 Å². The van der Waals surface area contributed by atoms with Gasteiger partial charge < -0.3 is 22.3 Å². The molecular weight excluding hydrogens is 184 g/mol. The van der Waals surface area contributed by atoms with Crippen LogP contribution in [0.15, 0.2) is 12.3 Å². The van der Waals surface area contributed by atoms with Gasteiger partial charge in [0.15, 0.2) is 0 Å². The van der Waals surface area contributed by atoms with Crippen molar-refractivity contribution < 1.29 is 9.90 Å². The van der Waals surface area contributed by atoms with Gasteiger partial charge in [-0.1, -0.05) is 0 Å². The fourth-order valence-corrected chi connectivity index (χ4v) is 0.991. The molecule has 1 heterocycles. The fourth-order valence-electron chi connectivity index (χ4n) is 0.991. The number of anilines is 2. The number of aromatic nitrogens is 1. The van der Waals surface area contributed by atoms with E-state index in [1.54, 1.807) is 6.07 Å². The molecule has 0 saturated carbocycles. The van der Waals surface area contributed by atoms with E-state index in [0.29, 0.717) is 11.3 Å². The Bertz CT molecular complexity index is 353. The molecule has 14 heavy (non-hydrogen) atoms. The number of pyridine rings is 1. The first-order chi connectivity index (χ1) is 6.50. The minimum Gasteiger partial charge on any atom is -0.480 e. The molecule has 0 aliphatic carbocycles. The maximum Gasteiger partial charge on any atom is 0.320 e. The topological polar surface area (TPSA) is 128 Å². The van der Waals surface area contributed by atoms with Gasteiger partial charge >= 0.3 is 5.97 Å². The van der Waals surface area contributed by atoms with Crippen LogP contribution >= 0.6 is 0 Å². The molecule has 0 amide bonds. The summed E-state index contributed by atoms with van der Waals surface area (Å²) in [6.45, 7) is 0. The summed E-state index contributed by atoms with van der Waals surface area (Å²) < 4.78 is 0. The highest BCUT2D eigenvalue weighted by atomic mass is 16.4. The molecule has 0 aliphatic rings. The summed E-state index contributed by atoms with van der Waals surface area (Å²) in [5, 5.41) is 8.57. The molecule has 0 unspecified atom stereocenters. The van der Waals surface area contributed by atoms with Gasteiger partial charge in [0.25, 0.3) is 0 Å². The first kappa shape index (κ1) is 10.3. The molecule has 6 nitrogen and oxygen atoms in total.